The van der Waals surface area contributed by atoms with E-state index in [4.69, 9.17) is 0 Å². The van der Waals surface area contributed by atoms with E-state index in [1.807, 2.05) is 6.07 Å². The lowest BCUT2D eigenvalue weighted by atomic mass is 10.1. The second-order valence-corrected chi connectivity index (χ2v) is 3.74. The summed E-state index contributed by atoms with van der Waals surface area (Å²) in [6.45, 7) is 0. The van der Waals surface area contributed by atoms with Crippen molar-refractivity contribution in [3.63, 3.8) is 0 Å². The van der Waals surface area contributed by atoms with Crippen LogP contribution in [-0.2, 0) is 0 Å². The summed E-state index contributed by atoms with van der Waals surface area (Å²) in [7, 11) is 0. The smallest absolute Gasteiger partial charge is 0.185 e. The Morgan fingerprint density at radius 2 is 1.78 bits per heavy atom. The van der Waals surface area contributed by atoms with Crippen LogP contribution in [0.1, 0.15) is 15.9 Å². The molecule has 1 N–H and O–H groups in total. The number of aromatic hydroxyl groups is 1. The van der Waals surface area contributed by atoms with Gasteiger partial charge >= 0.3 is 0 Å². The highest BCUT2D eigenvalue weighted by molar-refractivity contribution is 6.06. The SMILES string of the molecule is O=C(C=Cc1cccc(O)c1F)c1ccccc1. The molecule has 0 aromatic heterocycles. The molecular weight excluding hydrogens is 231 g/mol. The molecule has 18 heavy (non-hydrogen) atoms. The second-order valence-electron chi connectivity index (χ2n) is 3.74. The van der Waals surface area contributed by atoms with Crippen LogP contribution in [0.4, 0.5) is 4.39 Å². The van der Waals surface area contributed by atoms with Crippen molar-refractivity contribution in [2.45, 2.75) is 0 Å². The van der Waals surface area contributed by atoms with Gasteiger partial charge in [0.05, 0.1) is 0 Å². The lowest BCUT2D eigenvalue weighted by Crippen LogP contribution is -1.93. The molecule has 90 valence electrons. The number of benzene rings is 2. The highest BCUT2D eigenvalue weighted by atomic mass is 19.1. The molecule has 0 aliphatic heterocycles. The van der Waals surface area contributed by atoms with E-state index >= 15 is 0 Å². The number of phenolic OH excluding ortho intramolecular Hbond substituents is 1. The maximum Gasteiger partial charge on any atom is 0.185 e. The van der Waals surface area contributed by atoms with Crippen molar-refractivity contribution in [2.24, 2.45) is 0 Å². The average molecular weight is 242 g/mol. The van der Waals surface area contributed by atoms with Crippen LogP contribution in [0.25, 0.3) is 6.08 Å². The summed E-state index contributed by atoms with van der Waals surface area (Å²) < 4.78 is 13.4. The number of carbonyl (C=O) groups is 1. The van der Waals surface area contributed by atoms with Crippen LogP contribution in [0, 0.1) is 5.82 Å². The third kappa shape index (κ3) is 2.63. The molecule has 0 spiro atoms. The van der Waals surface area contributed by atoms with Gasteiger partial charge in [-0.2, -0.15) is 0 Å². The highest BCUT2D eigenvalue weighted by Crippen LogP contribution is 2.19. The van der Waals surface area contributed by atoms with Crippen LogP contribution >= 0.6 is 0 Å². The van der Waals surface area contributed by atoms with Crippen molar-refractivity contribution in [3.8, 4) is 5.75 Å². The molecule has 0 atom stereocenters. The molecule has 2 aromatic carbocycles. The van der Waals surface area contributed by atoms with Crippen LogP contribution in [0.2, 0.25) is 0 Å². The summed E-state index contributed by atoms with van der Waals surface area (Å²) >= 11 is 0. The number of carbonyl (C=O) groups excluding carboxylic acids is 1. The Hall–Kier alpha value is -2.42. The maximum atomic E-state index is 13.4. The molecule has 0 amide bonds. The zero-order valence-corrected chi connectivity index (χ0v) is 9.51. The number of hydrogen-bond donors (Lipinski definition) is 1. The monoisotopic (exact) mass is 242 g/mol. The number of hydrogen-bond acceptors (Lipinski definition) is 2. The van der Waals surface area contributed by atoms with E-state index in [1.165, 1.54) is 30.4 Å². The van der Waals surface area contributed by atoms with E-state index in [2.05, 4.69) is 0 Å². The predicted molar refractivity (Wildman–Crippen MR) is 67.9 cm³/mol. The normalized spacial score (nSPS) is 10.7. The summed E-state index contributed by atoms with van der Waals surface area (Å²) in [5.41, 5.74) is 0.716. The number of phenols is 1. The van der Waals surface area contributed by atoms with Gasteiger partial charge in [0.25, 0.3) is 0 Å². The lowest BCUT2D eigenvalue weighted by Gasteiger charge is -1.99. The number of rotatable bonds is 3. The molecule has 0 fully saturated rings. The van der Waals surface area contributed by atoms with Gasteiger partial charge in [0.1, 0.15) is 0 Å². The van der Waals surface area contributed by atoms with Crippen molar-refractivity contribution in [2.75, 3.05) is 0 Å². The van der Waals surface area contributed by atoms with E-state index in [-0.39, 0.29) is 11.3 Å². The Balaban J connectivity index is 2.22. The fourth-order valence-corrected chi connectivity index (χ4v) is 1.53. The minimum Gasteiger partial charge on any atom is -0.505 e. The first-order valence-electron chi connectivity index (χ1n) is 5.43. The van der Waals surface area contributed by atoms with Gasteiger partial charge in [-0.3, -0.25) is 4.79 Å². The third-order valence-corrected chi connectivity index (χ3v) is 2.48. The van der Waals surface area contributed by atoms with E-state index in [1.54, 1.807) is 24.3 Å². The van der Waals surface area contributed by atoms with Gasteiger partial charge in [-0.15, -0.1) is 0 Å². The molecule has 2 rings (SSSR count). The van der Waals surface area contributed by atoms with Gasteiger partial charge in [-0.1, -0.05) is 42.5 Å². The van der Waals surface area contributed by atoms with E-state index in [9.17, 15) is 14.3 Å². The van der Waals surface area contributed by atoms with Gasteiger partial charge in [0.15, 0.2) is 17.3 Å². The first-order valence-corrected chi connectivity index (χ1v) is 5.43. The third-order valence-electron chi connectivity index (χ3n) is 2.48. The van der Waals surface area contributed by atoms with Gasteiger partial charge in [-0.05, 0) is 18.2 Å². The molecule has 2 aromatic rings. The largest absolute Gasteiger partial charge is 0.505 e. The van der Waals surface area contributed by atoms with Gasteiger partial charge in [0, 0.05) is 11.1 Å². The van der Waals surface area contributed by atoms with Gasteiger partial charge < -0.3 is 5.11 Å². The van der Waals surface area contributed by atoms with Crippen molar-refractivity contribution < 1.29 is 14.3 Å². The fraction of sp³-hybridized carbons (Fsp3) is 0. The lowest BCUT2D eigenvalue weighted by molar-refractivity contribution is 0.104. The van der Waals surface area contributed by atoms with Crippen LogP contribution < -0.4 is 0 Å². The molecule has 2 nitrogen and oxygen atoms in total. The average Bonchev–Trinajstić information content (AvgIpc) is 2.41. The minimum atomic E-state index is -0.727. The Morgan fingerprint density at radius 3 is 2.50 bits per heavy atom. The fourth-order valence-electron chi connectivity index (χ4n) is 1.53. The Labute approximate surface area is 104 Å². The molecule has 0 aliphatic carbocycles. The summed E-state index contributed by atoms with van der Waals surface area (Å²) in [4.78, 5) is 11.7. The molecule has 0 radical (unpaired) electrons. The van der Waals surface area contributed by atoms with E-state index in [0.29, 0.717) is 5.56 Å². The predicted octanol–water partition coefficient (Wildman–Crippen LogP) is 3.43. The quantitative estimate of drug-likeness (QED) is 0.661. The Kier molecular flexibility index (Phi) is 3.53. The van der Waals surface area contributed by atoms with Gasteiger partial charge in [0.2, 0.25) is 0 Å². The standard InChI is InChI=1S/C15H11FO2/c16-15-12(7-4-8-14(15)18)9-10-13(17)11-5-2-1-3-6-11/h1-10,18H. The number of halogens is 1. The van der Waals surface area contributed by atoms with E-state index < -0.39 is 11.6 Å². The van der Waals surface area contributed by atoms with Crippen LogP contribution in [0.5, 0.6) is 5.75 Å². The molecular formula is C15H11FO2. The Morgan fingerprint density at radius 1 is 1.06 bits per heavy atom. The molecule has 3 heteroatoms. The maximum absolute atomic E-state index is 13.4. The molecule has 0 saturated heterocycles. The first-order chi connectivity index (χ1) is 8.68. The zero-order valence-electron chi connectivity index (χ0n) is 9.51. The summed E-state index contributed by atoms with van der Waals surface area (Å²) in [6, 6.07) is 13.0. The number of ketones is 1. The molecule has 0 saturated carbocycles. The topological polar surface area (TPSA) is 37.3 Å². The summed E-state index contributed by atoms with van der Waals surface area (Å²) in [5, 5.41) is 9.19. The van der Waals surface area contributed by atoms with Crippen molar-refractivity contribution >= 4 is 11.9 Å². The van der Waals surface area contributed by atoms with Crippen molar-refractivity contribution in [3.05, 3.63) is 71.6 Å². The van der Waals surface area contributed by atoms with Gasteiger partial charge in [-0.25, -0.2) is 4.39 Å². The van der Waals surface area contributed by atoms with Crippen LogP contribution in [-0.4, -0.2) is 10.9 Å². The second kappa shape index (κ2) is 5.27. The molecule has 0 bridgehead atoms. The highest BCUT2D eigenvalue weighted by Gasteiger charge is 2.05. The minimum absolute atomic E-state index is 0.180. The zero-order chi connectivity index (χ0) is 13.0. The molecule has 0 heterocycles. The summed E-state index contributed by atoms with van der Waals surface area (Å²) in [5.74, 6) is -1.36. The molecule has 0 unspecified atom stereocenters. The van der Waals surface area contributed by atoms with Crippen LogP contribution in [0.3, 0.4) is 0 Å². The van der Waals surface area contributed by atoms with Crippen molar-refractivity contribution in [1.29, 1.82) is 0 Å². The first kappa shape index (κ1) is 12.0. The van der Waals surface area contributed by atoms with E-state index in [0.717, 1.165) is 0 Å². The van der Waals surface area contributed by atoms with Crippen molar-refractivity contribution in [1.82, 2.24) is 0 Å². The Bertz CT molecular complexity index is 589. The molecule has 0 aliphatic rings. The summed E-state index contributed by atoms with van der Waals surface area (Å²) in [6.07, 6.45) is 2.64. The van der Waals surface area contributed by atoms with Crippen LogP contribution in [0.15, 0.2) is 54.6 Å². The number of allylic oxidation sites excluding steroid dienone is 1.